The Morgan fingerprint density at radius 2 is 2.09 bits per heavy atom. The van der Waals surface area contributed by atoms with Gasteiger partial charge in [-0.25, -0.2) is 9.97 Å². The van der Waals surface area contributed by atoms with Gasteiger partial charge < -0.3 is 4.74 Å². The van der Waals surface area contributed by atoms with Crippen molar-refractivity contribution in [2.45, 2.75) is 13.3 Å². The summed E-state index contributed by atoms with van der Waals surface area (Å²) in [5.74, 6) is 1.43. The number of nitrogens with zero attached hydrogens (tertiary/aromatic N) is 2. The second kappa shape index (κ2) is 3.88. The number of rotatable bonds is 3. The van der Waals surface area contributed by atoms with Crippen molar-refractivity contribution in [2.75, 3.05) is 6.73 Å². The summed E-state index contributed by atoms with van der Waals surface area (Å²) >= 11 is 0. The summed E-state index contributed by atoms with van der Waals surface area (Å²) in [6.07, 6.45) is 4.08. The molecule has 0 fully saturated rings. The summed E-state index contributed by atoms with van der Waals surface area (Å²) in [5.41, 5.74) is 5.15. The van der Waals surface area contributed by atoms with Crippen molar-refractivity contribution in [2.24, 2.45) is 5.73 Å². The lowest BCUT2D eigenvalue weighted by molar-refractivity contribution is 0.326. The van der Waals surface area contributed by atoms with Crippen LogP contribution < -0.4 is 10.5 Å². The minimum Gasteiger partial charge on any atom is -0.475 e. The lowest BCUT2D eigenvalue weighted by atomic mass is 10.4. The summed E-state index contributed by atoms with van der Waals surface area (Å²) in [7, 11) is 0. The Kier molecular flexibility index (Phi) is 2.80. The lowest BCUT2D eigenvalue weighted by Crippen LogP contribution is -2.08. The van der Waals surface area contributed by atoms with Gasteiger partial charge in [0.25, 0.3) is 0 Å². The molecular weight excluding hydrogens is 142 g/mol. The highest BCUT2D eigenvalue weighted by Gasteiger charge is 1.93. The van der Waals surface area contributed by atoms with Gasteiger partial charge in [0.05, 0.1) is 12.4 Å². The first-order chi connectivity index (χ1) is 5.36. The predicted octanol–water partition coefficient (Wildman–Crippen LogP) is 0.334. The van der Waals surface area contributed by atoms with Crippen LogP contribution in [0, 0.1) is 0 Å². The van der Waals surface area contributed by atoms with Crippen LogP contribution in [0.4, 0.5) is 0 Å². The molecule has 4 nitrogen and oxygen atoms in total. The third-order valence-electron chi connectivity index (χ3n) is 1.25. The topological polar surface area (TPSA) is 61.0 Å². The molecule has 0 amide bonds. The molecule has 2 N–H and O–H groups in total. The van der Waals surface area contributed by atoms with Crippen LogP contribution in [0.2, 0.25) is 0 Å². The summed E-state index contributed by atoms with van der Waals surface area (Å²) < 4.78 is 4.96. The van der Waals surface area contributed by atoms with Crippen molar-refractivity contribution in [1.29, 1.82) is 0 Å². The van der Waals surface area contributed by atoms with Crippen molar-refractivity contribution >= 4 is 0 Å². The molecule has 60 valence electrons. The summed E-state index contributed by atoms with van der Waals surface area (Å²) in [5, 5.41) is 0. The van der Waals surface area contributed by atoms with Crippen LogP contribution in [0.15, 0.2) is 12.4 Å². The van der Waals surface area contributed by atoms with Crippen molar-refractivity contribution in [3.8, 4) is 5.75 Å². The predicted molar refractivity (Wildman–Crippen MR) is 41.1 cm³/mol. The van der Waals surface area contributed by atoms with Crippen molar-refractivity contribution in [3.05, 3.63) is 18.2 Å². The number of ether oxygens (including phenoxy) is 1. The van der Waals surface area contributed by atoms with E-state index in [1.807, 2.05) is 6.92 Å². The molecule has 1 heterocycles. The quantitative estimate of drug-likeness (QED) is 0.636. The molecule has 11 heavy (non-hydrogen) atoms. The van der Waals surface area contributed by atoms with E-state index in [0.717, 1.165) is 12.2 Å². The maximum absolute atomic E-state index is 5.15. The summed E-state index contributed by atoms with van der Waals surface area (Å²) in [6, 6.07) is 0. The Balaban J connectivity index is 2.66. The average Bonchev–Trinajstić information content (AvgIpc) is 2.07. The standard InChI is InChI=1S/C7H11N3O/c1-2-7-9-3-6(4-10-7)11-5-8/h3-4H,2,5,8H2,1H3. The van der Waals surface area contributed by atoms with Gasteiger partial charge in [-0.2, -0.15) is 0 Å². The van der Waals surface area contributed by atoms with Crippen LogP contribution in [0.5, 0.6) is 5.75 Å². The van der Waals surface area contributed by atoms with Gasteiger partial charge in [-0.1, -0.05) is 6.92 Å². The molecule has 1 aromatic heterocycles. The van der Waals surface area contributed by atoms with Crippen molar-refractivity contribution < 1.29 is 4.74 Å². The van der Waals surface area contributed by atoms with Gasteiger partial charge in [0, 0.05) is 6.42 Å². The molecule has 0 atom stereocenters. The van der Waals surface area contributed by atoms with E-state index in [9.17, 15) is 0 Å². The molecule has 0 unspecified atom stereocenters. The molecule has 0 spiro atoms. The van der Waals surface area contributed by atoms with Crippen LogP contribution in [0.25, 0.3) is 0 Å². The second-order valence-corrected chi connectivity index (χ2v) is 2.00. The monoisotopic (exact) mass is 153 g/mol. The third-order valence-corrected chi connectivity index (χ3v) is 1.25. The normalized spacial score (nSPS) is 9.64. The molecule has 1 rings (SSSR count). The van der Waals surface area contributed by atoms with E-state index in [4.69, 9.17) is 10.5 Å². The average molecular weight is 153 g/mol. The van der Waals surface area contributed by atoms with Gasteiger partial charge in [-0.3, -0.25) is 5.73 Å². The van der Waals surface area contributed by atoms with Gasteiger partial charge in [0.15, 0.2) is 5.75 Å². The van der Waals surface area contributed by atoms with Gasteiger partial charge in [0.1, 0.15) is 12.6 Å². The first-order valence-electron chi connectivity index (χ1n) is 3.50. The van der Waals surface area contributed by atoms with Crippen LogP contribution in [-0.2, 0) is 6.42 Å². The first kappa shape index (κ1) is 7.94. The van der Waals surface area contributed by atoms with Crippen molar-refractivity contribution in [1.82, 2.24) is 9.97 Å². The van der Waals surface area contributed by atoms with E-state index in [1.165, 1.54) is 0 Å². The SMILES string of the molecule is CCc1ncc(OCN)cn1. The molecule has 0 aliphatic heterocycles. The fourth-order valence-electron chi connectivity index (χ4n) is 0.696. The minimum atomic E-state index is 0.162. The smallest absolute Gasteiger partial charge is 0.157 e. The molecular formula is C7H11N3O. The van der Waals surface area contributed by atoms with Gasteiger partial charge in [-0.15, -0.1) is 0 Å². The minimum absolute atomic E-state index is 0.162. The van der Waals surface area contributed by atoms with Gasteiger partial charge >= 0.3 is 0 Å². The fourth-order valence-corrected chi connectivity index (χ4v) is 0.696. The van der Waals surface area contributed by atoms with E-state index in [1.54, 1.807) is 12.4 Å². The van der Waals surface area contributed by atoms with Crippen molar-refractivity contribution in [3.63, 3.8) is 0 Å². The number of hydrogen-bond donors (Lipinski definition) is 1. The molecule has 0 radical (unpaired) electrons. The zero-order valence-electron chi connectivity index (χ0n) is 6.45. The van der Waals surface area contributed by atoms with E-state index in [0.29, 0.717) is 5.75 Å². The number of aryl methyl sites for hydroxylation is 1. The maximum Gasteiger partial charge on any atom is 0.157 e. The molecule has 0 aliphatic carbocycles. The van der Waals surface area contributed by atoms with Crippen LogP contribution in [0.3, 0.4) is 0 Å². The third kappa shape index (κ3) is 2.16. The van der Waals surface area contributed by atoms with Crippen LogP contribution in [0.1, 0.15) is 12.7 Å². The number of hydrogen-bond acceptors (Lipinski definition) is 4. The highest BCUT2D eigenvalue weighted by molar-refractivity contribution is 5.11. The van der Waals surface area contributed by atoms with Gasteiger partial charge in [-0.05, 0) is 0 Å². The van der Waals surface area contributed by atoms with E-state index >= 15 is 0 Å². The fraction of sp³-hybridized carbons (Fsp3) is 0.429. The molecule has 1 aromatic rings. The highest BCUT2D eigenvalue weighted by atomic mass is 16.5. The van der Waals surface area contributed by atoms with Crippen LogP contribution >= 0.6 is 0 Å². The zero-order chi connectivity index (χ0) is 8.10. The zero-order valence-corrected chi connectivity index (χ0v) is 6.45. The second-order valence-electron chi connectivity index (χ2n) is 2.00. The van der Waals surface area contributed by atoms with Crippen LogP contribution in [-0.4, -0.2) is 16.7 Å². The molecule has 0 saturated heterocycles. The van der Waals surface area contributed by atoms with E-state index < -0.39 is 0 Å². The highest BCUT2D eigenvalue weighted by Crippen LogP contribution is 2.04. The Hall–Kier alpha value is -1.16. The molecule has 0 aromatic carbocycles. The summed E-state index contributed by atoms with van der Waals surface area (Å²) in [6.45, 7) is 2.16. The lowest BCUT2D eigenvalue weighted by Gasteiger charge is -2.00. The number of aromatic nitrogens is 2. The Labute approximate surface area is 65.4 Å². The Bertz CT molecular complexity index is 209. The molecule has 0 saturated carbocycles. The van der Waals surface area contributed by atoms with Gasteiger partial charge in [0.2, 0.25) is 0 Å². The van der Waals surface area contributed by atoms with E-state index in [-0.39, 0.29) is 6.73 Å². The first-order valence-corrected chi connectivity index (χ1v) is 3.50. The Morgan fingerprint density at radius 1 is 1.45 bits per heavy atom. The summed E-state index contributed by atoms with van der Waals surface area (Å²) in [4.78, 5) is 8.05. The molecule has 0 aliphatic rings. The Morgan fingerprint density at radius 3 is 2.55 bits per heavy atom. The number of nitrogens with two attached hydrogens (primary N) is 1. The molecule has 0 bridgehead atoms. The van der Waals surface area contributed by atoms with E-state index in [2.05, 4.69) is 9.97 Å². The maximum atomic E-state index is 5.15. The largest absolute Gasteiger partial charge is 0.475 e. The molecule has 4 heteroatoms.